The third-order valence-electron chi connectivity index (χ3n) is 2.53. The molecule has 0 aliphatic carbocycles. The first kappa shape index (κ1) is 14.4. The van der Waals surface area contributed by atoms with Gasteiger partial charge < -0.3 is 5.11 Å². The predicted octanol–water partition coefficient (Wildman–Crippen LogP) is 2.05. The number of aliphatic carboxylic acids is 1. The highest BCUT2D eigenvalue weighted by molar-refractivity contribution is 7.91. The van der Waals surface area contributed by atoms with Gasteiger partial charge in [-0.15, -0.1) is 0 Å². The first-order valence-electron chi connectivity index (χ1n) is 5.55. The average Bonchev–Trinajstić information content (AvgIpc) is 2.28. The van der Waals surface area contributed by atoms with Crippen molar-refractivity contribution in [1.29, 1.82) is 0 Å². The van der Waals surface area contributed by atoms with Crippen LogP contribution in [0, 0.1) is 0 Å². The maximum atomic E-state index is 12.0. The molecule has 0 radical (unpaired) electrons. The molecule has 0 aliphatic heterocycles. The number of carboxylic acid groups (broad SMARTS) is 1. The fourth-order valence-electron chi connectivity index (χ4n) is 1.44. The Morgan fingerprint density at radius 2 is 1.83 bits per heavy atom. The highest BCUT2D eigenvalue weighted by Crippen LogP contribution is 2.16. The Balaban J connectivity index is 2.90. The molecule has 1 N–H and O–H groups in total. The first-order valence-corrected chi connectivity index (χ1v) is 7.20. The number of benzene rings is 1. The molecule has 0 atom stereocenters. The fraction of sp³-hybridized carbons (Fsp3) is 0.308. The highest BCUT2D eigenvalue weighted by atomic mass is 32.2. The normalized spacial score (nSPS) is 11.2. The molecule has 0 amide bonds. The summed E-state index contributed by atoms with van der Waals surface area (Å²) >= 11 is 0. The maximum Gasteiger partial charge on any atom is 0.307 e. The second-order valence-electron chi connectivity index (χ2n) is 4.08. The molecule has 0 heterocycles. The van der Waals surface area contributed by atoms with Crippen LogP contribution in [0.5, 0.6) is 0 Å². The lowest BCUT2D eigenvalue weighted by molar-refractivity contribution is -0.136. The lowest BCUT2D eigenvalue weighted by Crippen LogP contribution is -2.08. The van der Waals surface area contributed by atoms with Crippen LogP contribution in [0.25, 0.3) is 0 Å². The van der Waals surface area contributed by atoms with Gasteiger partial charge in [-0.05, 0) is 24.1 Å². The molecular weight excluding hydrogens is 252 g/mol. The van der Waals surface area contributed by atoms with Crippen molar-refractivity contribution in [3.05, 3.63) is 42.0 Å². The third kappa shape index (κ3) is 4.00. The maximum absolute atomic E-state index is 12.0. The Kier molecular flexibility index (Phi) is 4.67. The zero-order chi connectivity index (χ0) is 13.8. The van der Waals surface area contributed by atoms with Gasteiger partial charge in [0.25, 0.3) is 0 Å². The molecule has 0 aliphatic rings. The highest BCUT2D eigenvalue weighted by Gasteiger charge is 2.15. The molecule has 4 nitrogen and oxygen atoms in total. The Morgan fingerprint density at radius 1 is 1.28 bits per heavy atom. The molecule has 0 unspecified atom stereocenters. The Bertz CT molecular complexity index is 541. The summed E-state index contributed by atoms with van der Waals surface area (Å²) in [6.07, 6.45) is 0.512. The van der Waals surface area contributed by atoms with Crippen LogP contribution < -0.4 is 0 Å². The summed E-state index contributed by atoms with van der Waals surface area (Å²) in [5.41, 5.74) is 1.24. The van der Waals surface area contributed by atoms with E-state index in [4.69, 9.17) is 5.11 Å². The quantitative estimate of drug-likeness (QED) is 0.801. The van der Waals surface area contributed by atoms with Crippen molar-refractivity contribution in [2.24, 2.45) is 0 Å². The van der Waals surface area contributed by atoms with E-state index < -0.39 is 15.8 Å². The summed E-state index contributed by atoms with van der Waals surface area (Å²) in [6.45, 7) is 5.54. The van der Waals surface area contributed by atoms with Crippen LogP contribution in [0.15, 0.2) is 41.3 Å². The standard InChI is InChI=1S/C13H16O4S/c1-3-10(2)9-18(16,17)12-6-4-11(5-7-12)8-13(14)15/h4-7H,2-3,8-9H2,1H3,(H,14,15). The molecule has 0 spiro atoms. The zero-order valence-electron chi connectivity index (χ0n) is 10.2. The lowest BCUT2D eigenvalue weighted by atomic mass is 10.2. The average molecular weight is 268 g/mol. The van der Waals surface area contributed by atoms with Crippen molar-refractivity contribution in [2.45, 2.75) is 24.7 Å². The van der Waals surface area contributed by atoms with Crippen LogP contribution in [0.3, 0.4) is 0 Å². The minimum atomic E-state index is -3.36. The van der Waals surface area contributed by atoms with Gasteiger partial charge in [-0.2, -0.15) is 0 Å². The van der Waals surface area contributed by atoms with E-state index in [9.17, 15) is 13.2 Å². The number of hydrogen-bond acceptors (Lipinski definition) is 3. The SMILES string of the molecule is C=C(CC)CS(=O)(=O)c1ccc(CC(=O)O)cc1. The van der Waals surface area contributed by atoms with Crippen molar-refractivity contribution in [3.8, 4) is 0 Å². The molecular formula is C13H16O4S. The smallest absolute Gasteiger partial charge is 0.307 e. The minimum Gasteiger partial charge on any atom is -0.481 e. The number of carbonyl (C=O) groups is 1. The van der Waals surface area contributed by atoms with Gasteiger partial charge in [-0.25, -0.2) is 8.42 Å². The van der Waals surface area contributed by atoms with Gasteiger partial charge in [0.15, 0.2) is 9.84 Å². The van der Waals surface area contributed by atoms with E-state index >= 15 is 0 Å². The number of hydrogen-bond donors (Lipinski definition) is 1. The van der Waals surface area contributed by atoms with Crippen LogP contribution in [-0.2, 0) is 21.1 Å². The second kappa shape index (κ2) is 5.82. The van der Waals surface area contributed by atoms with Crippen LogP contribution >= 0.6 is 0 Å². The number of sulfone groups is 1. The van der Waals surface area contributed by atoms with Crippen LogP contribution in [0.1, 0.15) is 18.9 Å². The second-order valence-corrected chi connectivity index (χ2v) is 6.07. The number of rotatable bonds is 6. The van der Waals surface area contributed by atoms with E-state index in [1.807, 2.05) is 6.92 Å². The van der Waals surface area contributed by atoms with Crippen molar-refractivity contribution in [1.82, 2.24) is 0 Å². The Morgan fingerprint density at radius 3 is 2.28 bits per heavy atom. The summed E-state index contributed by atoms with van der Waals surface area (Å²) in [5.74, 6) is -1.01. The number of carboxylic acids is 1. The molecule has 0 aromatic heterocycles. The molecule has 0 bridgehead atoms. The largest absolute Gasteiger partial charge is 0.481 e. The molecule has 0 saturated heterocycles. The molecule has 1 aromatic carbocycles. The topological polar surface area (TPSA) is 71.4 Å². The van der Waals surface area contributed by atoms with Crippen LogP contribution in [-0.4, -0.2) is 25.2 Å². The lowest BCUT2D eigenvalue weighted by Gasteiger charge is -2.06. The van der Waals surface area contributed by atoms with Crippen molar-refractivity contribution >= 4 is 15.8 Å². The third-order valence-corrected chi connectivity index (χ3v) is 4.31. The molecule has 0 fully saturated rings. The van der Waals surface area contributed by atoms with Crippen molar-refractivity contribution < 1.29 is 18.3 Å². The predicted molar refractivity (Wildman–Crippen MR) is 69.3 cm³/mol. The molecule has 18 heavy (non-hydrogen) atoms. The molecule has 1 rings (SSSR count). The van der Waals surface area contributed by atoms with Gasteiger partial charge in [0.2, 0.25) is 0 Å². The molecule has 5 heteroatoms. The van der Waals surface area contributed by atoms with E-state index in [0.29, 0.717) is 17.6 Å². The van der Waals surface area contributed by atoms with Crippen LogP contribution in [0.2, 0.25) is 0 Å². The van der Waals surface area contributed by atoms with Gasteiger partial charge in [0.1, 0.15) is 0 Å². The van der Waals surface area contributed by atoms with Crippen LogP contribution in [0.4, 0.5) is 0 Å². The van der Waals surface area contributed by atoms with Gasteiger partial charge in [0, 0.05) is 0 Å². The monoisotopic (exact) mass is 268 g/mol. The summed E-state index contributed by atoms with van der Waals surface area (Å²) in [5, 5.41) is 8.62. The molecule has 98 valence electrons. The summed E-state index contributed by atoms with van der Waals surface area (Å²) in [6, 6.07) is 5.93. The molecule has 1 aromatic rings. The minimum absolute atomic E-state index is 0.0677. The van der Waals surface area contributed by atoms with E-state index in [1.54, 1.807) is 0 Å². The summed E-state index contributed by atoms with van der Waals surface area (Å²) in [7, 11) is -3.36. The summed E-state index contributed by atoms with van der Waals surface area (Å²) < 4.78 is 23.9. The van der Waals surface area contributed by atoms with E-state index in [1.165, 1.54) is 24.3 Å². The van der Waals surface area contributed by atoms with E-state index in [2.05, 4.69) is 6.58 Å². The van der Waals surface area contributed by atoms with Gasteiger partial charge in [-0.1, -0.05) is 31.2 Å². The Labute approximate surface area is 107 Å². The zero-order valence-corrected chi connectivity index (χ0v) is 11.0. The van der Waals surface area contributed by atoms with Crippen molar-refractivity contribution in [2.75, 3.05) is 5.75 Å². The summed E-state index contributed by atoms with van der Waals surface area (Å²) in [4.78, 5) is 10.7. The Hall–Kier alpha value is -1.62. The molecule has 0 saturated carbocycles. The van der Waals surface area contributed by atoms with Gasteiger partial charge in [0.05, 0.1) is 17.1 Å². The van der Waals surface area contributed by atoms with Crippen molar-refractivity contribution in [3.63, 3.8) is 0 Å². The van der Waals surface area contributed by atoms with E-state index in [0.717, 1.165) is 0 Å². The van der Waals surface area contributed by atoms with Gasteiger partial charge >= 0.3 is 5.97 Å². The first-order chi connectivity index (χ1) is 8.35. The fourth-order valence-corrected chi connectivity index (χ4v) is 2.90. The van der Waals surface area contributed by atoms with Gasteiger partial charge in [-0.3, -0.25) is 4.79 Å². The van der Waals surface area contributed by atoms with E-state index in [-0.39, 0.29) is 17.1 Å².